The largest absolute Gasteiger partial charge is 0.388 e. The number of nitrogens with zero attached hydrogens (tertiary/aromatic N) is 2. The second kappa shape index (κ2) is 7.26. The molecule has 0 unspecified atom stereocenters. The molecule has 0 bridgehead atoms. The Kier molecular flexibility index (Phi) is 6.25. The molecular weight excluding hydrogens is 371 g/mol. The Balaban J connectivity index is 0.00000200. The first-order valence-electron chi connectivity index (χ1n) is 6.63. The zero-order valence-corrected chi connectivity index (χ0v) is 14.5. The van der Waals surface area contributed by atoms with Gasteiger partial charge in [-0.15, -0.1) is 24.0 Å². The van der Waals surface area contributed by atoms with Crippen LogP contribution >= 0.6 is 24.0 Å². The minimum Gasteiger partial charge on any atom is -0.388 e. The topological polar surface area (TPSA) is 82.7 Å². The quantitative estimate of drug-likeness (QED) is 0.410. The van der Waals surface area contributed by atoms with Gasteiger partial charge < -0.3 is 20.3 Å². The van der Waals surface area contributed by atoms with Crippen LogP contribution in [0.15, 0.2) is 9.52 Å². The molecule has 1 heterocycles. The lowest BCUT2D eigenvalue weighted by atomic mass is 9.80. The lowest BCUT2D eigenvalue weighted by Crippen LogP contribution is -2.50. The van der Waals surface area contributed by atoms with Crippen molar-refractivity contribution >= 4 is 29.9 Å². The Labute approximate surface area is 136 Å². The number of halogens is 1. The number of aliphatic imine (C=N–C) groups is 1. The predicted molar refractivity (Wildman–Crippen MR) is 88.4 cm³/mol. The molecule has 0 atom stereocenters. The standard InChI is InChI=1S/C13H22N4O2.HI/c1-9-11(10(2)19-17-9)7-15-12(14-3)16-8-13(18)5-4-6-13;/h18H,4-8H2,1-3H3,(H2,14,15,16);1H. The molecule has 1 aliphatic carbocycles. The van der Waals surface area contributed by atoms with Gasteiger partial charge in [-0.05, 0) is 33.1 Å². The molecule has 1 saturated carbocycles. The number of hydrogen-bond donors (Lipinski definition) is 3. The third kappa shape index (κ3) is 4.08. The normalized spacial score (nSPS) is 17.1. The van der Waals surface area contributed by atoms with Gasteiger partial charge in [0.25, 0.3) is 0 Å². The van der Waals surface area contributed by atoms with Crippen LogP contribution in [0.2, 0.25) is 0 Å². The van der Waals surface area contributed by atoms with Gasteiger partial charge in [0.2, 0.25) is 0 Å². The van der Waals surface area contributed by atoms with Crippen molar-refractivity contribution in [1.82, 2.24) is 15.8 Å². The molecule has 20 heavy (non-hydrogen) atoms. The van der Waals surface area contributed by atoms with Gasteiger partial charge in [0.05, 0.1) is 11.3 Å². The average molecular weight is 394 g/mol. The van der Waals surface area contributed by atoms with E-state index in [0.29, 0.717) is 19.0 Å². The van der Waals surface area contributed by atoms with Crippen molar-refractivity contribution in [2.45, 2.75) is 45.3 Å². The summed E-state index contributed by atoms with van der Waals surface area (Å²) in [4.78, 5) is 4.14. The Bertz CT molecular complexity index is 449. The number of guanidine groups is 1. The molecule has 0 saturated heterocycles. The highest BCUT2D eigenvalue weighted by Gasteiger charge is 2.34. The number of hydrogen-bond acceptors (Lipinski definition) is 4. The lowest BCUT2D eigenvalue weighted by molar-refractivity contribution is -0.0279. The van der Waals surface area contributed by atoms with Crippen LogP contribution in [0, 0.1) is 13.8 Å². The van der Waals surface area contributed by atoms with Crippen LogP contribution in [0.4, 0.5) is 0 Å². The van der Waals surface area contributed by atoms with E-state index in [4.69, 9.17) is 4.52 Å². The summed E-state index contributed by atoms with van der Waals surface area (Å²) >= 11 is 0. The molecule has 0 amide bonds. The van der Waals surface area contributed by atoms with Gasteiger partial charge in [-0.3, -0.25) is 4.99 Å². The van der Waals surface area contributed by atoms with Crippen LogP contribution < -0.4 is 10.6 Å². The predicted octanol–water partition coefficient (Wildman–Crippen LogP) is 1.49. The van der Waals surface area contributed by atoms with E-state index in [9.17, 15) is 5.11 Å². The van der Waals surface area contributed by atoms with Gasteiger partial charge >= 0.3 is 0 Å². The van der Waals surface area contributed by atoms with Crippen LogP contribution in [0.5, 0.6) is 0 Å². The molecule has 0 spiro atoms. The maximum absolute atomic E-state index is 10.0. The molecular formula is C13H23IN4O2. The van der Waals surface area contributed by atoms with E-state index in [0.717, 1.165) is 36.3 Å². The van der Waals surface area contributed by atoms with Crippen molar-refractivity contribution in [3.8, 4) is 0 Å². The van der Waals surface area contributed by atoms with Crippen LogP contribution in [-0.4, -0.2) is 35.4 Å². The minimum atomic E-state index is -0.555. The summed E-state index contributed by atoms with van der Waals surface area (Å²) in [5, 5.41) is 20.3. The maximum Gasteiger partial charge on any atom is 0.191 e. The summed E-state index contributed by atoms with van der Waals surface area (Å²) < 4.78 is 5.11. The number of nitrogens with one attached hydrogen (secondary N) is 2. The minimum absolute atomic E-state index is 0. The molecule has 7 heteroatoms. The van der Waals surface area contributed by atoms with Crippen LogP contribution in [-0.2, 0) is 6.54 Å². The van der Waals surface area contributed by atoms with Crippen molar-refractivity contribution in [2.75, 3.05) is 13.6 Å². The maximum atomic E-state index is 10.0. The van der Waals surface area contributed by atoms with Gasteiger partial charge in [0, 0.05) is 25.7 Å². The van der Waals surface area contributed by atoms with Crippen LogP contribution in [0.25, 0.3) is 0 Å². The second-order valence-electron chi connectivity index (χ2n) is 5.16. The monoisotopic (exact) mass is 394 g/mol. The zero-order valence-electron chi connectivity index (χ0n) is 12.2. The summed E-state index contributed by atoms with van der Waals surface area (Å²) in [6.07, 6.45) is 2.82. The van der Waals surface area contributed by atoms with E-state index in [1.807, 2.05) is 13.8 Å². The second-order valence-corrected chi connectivity index (χ2v) is 5.16. The SMILES string of the molecule is CN=C(NCc1c(C)noc1C)NCC1(O)CCC1.I. The fourth-order valence-corrected chi connectivity index (χ4v) is 2.16. The Morgan fingerprint density at radius 3 is 2.55 bits per heavy atom. The number of aliphatic hydroxyl groups is 1. The van der Waals surface area contributed by atoms with E-state index in [1.165, 1.54) is 0 Å². The molecule has 0 radical (unpaired) electrons. The van der Waals surface area contributed by atoms with Crippen molar-refractivity contribution in [3.05, 3.63) is 17.0 Å². The first-order valence-corrected chi connectivity index (χ1v) is 6.63. The van der Waals surface area contributed by atoms with Crippen molar-refractivity contribution < 1.29 is 9.63 Å². The van der Waals surface area contributed by atoms with Gasteiger partial charge in [0.1, 0.15) is 5.76 Å². The number of rotatable bonds is 4. The third-order valence-electron chi connectivity index (χ3n) is 3.71. The van der Waals surface area contributed by atoms with Gasteiger partial charge in [-0.25, -0.2) is 0 Å². The molecule has 1 aromatic rings. The summed E-state index contributed by atoms with van der Waals surface area (Å²) in [6.45, 7) is 4.96. The molecule has 0 aromatic carbocycles. The molecule has 114 valence electrons. The number of aryl methyl sites for hydroxylation is 2. The summed E-state index contributed by atoms with van der Waals surface area (Å²) in [5.41, 5.74) is 1.38. The summed E-state index contributed by atoms with van der Waals surface area (Å²) in [5.74, 6) is 1.50. The Morgan fingerprint density at radius 1 is 1.40 bits per heavy atom. The van der Waals surface area contributed by atoms with E-state index in [-0.39, 0.29) is 24.0 Å². The molecule has 1 aromatic heterocycles. The first-order chi connectivity index (χ1) is 9.04. The van der Waals surface area contributed by atoms with E-state index in [1.54, 1.807) is 7.05 Å². The van der Waals surface area contributed by atoms with Gasteiger partial charge in [0.15, 0.2) is 5.96 Å². The van der Waals surface area contributed by atoms with Gasteiger partial charge in [-0.1, -0.05) is 5.16 Å². The Hall–Kier alpha value is -0.830. The summed E-state index contributed by atoms with van der Waals surface area (Å²) in [6, 6.07) is 0. The molecule has 6 nitrogen and oxygen atoms in total. The fourth-order valence-electron chi connectivity index (χ4n) is 2.16. The highest BCUT2D eigenvalue weighted by molar-refractivity contribution is 14.0. The average Bonchev–Trinajstić information content (AvgIpc) is 2.67. The Morgan fingerprint density at radius 2 is 2.10 bits per heavy atom. The molecule has 3 N–H and O–H groups in total. The van der Waals surface area contributed by atoms with Crippen molar-refractivity contribution in [3.63, 3.8) is 0 Å². The molecule has 2 rings (SSSR count). The number of aromatic nitrogens is 1. The third-order valence-corrected chi connectivity index (χ3v) is 3.71. The highest BCUT2D eigenvalue weighted by atomic mass is 127. The lowest BCUT2D eigenvalue weighted by Gasteiger charge is -2.36. The van der Waals surface area contributed by atoms with Crippen molar-refractivity contribution in [2.24, 2.45) is 4.99 Å². The fraction of sp³-hybridized carbons (Fsp3) is 0.692. The zero-order chi connectivity index (χ0) is 13.9. The van der Waals surface area contributed by atoms with E-state index < -0.39 is 5.60 Å². The van der Waals surface area contributed by atoms with Crippen molar-refractivity contribution in [1.29, 1.82) is 0 Å². The van der Waals surface area contributed by atoms with Crippen LogP contribution in [0.3, 0.4) is 0 Å². The first kappa shape index (κ1) is 17.2. The van der Waals surface area contributed by atoms with E-state index >= 15 is 0 Å². The van der Waals surface area contributed by atoms with Crippen LogP contribution in [0.1, 0.15) is 36.3 Å². The molecule has 1 aliphatic rings. The van der Waals surface area contributed by atoms with Gasteiger partial charge in [-0.2, -0.15) is 0 Å². The smallest absolute Gasteiger partial charge is 0.191 e. The van der Waals surface area contributed by atoms with E-state index in [2.05, 4.69) is 20.8 Å². The molecule has 0 aliphatic heterocycles. The molecule has 1 fully saturated rings. The summed E-state index contributed by atoms with van der Waals surface area (Å²) in [7, 11) is 1.72. The highest BCUT2D eigenvalue weighted by Crippen LogP contribution is 2.30.